The maximum Gasteiger partial charge on any atom is 0.407 e. The Kier molecular flexibility index (Phi) is 6.70. The molecule has 0 rings (SSSR count). The van der Waals surface area contributed by atoms with Gasteiger partial charge in [0.2, 0.25) is 5.92 Å². The van der Waals surface area contributed by atoms with E-state index in [1.165, 1.54) is 0 Å². The van der Waals surface area contributed by atoms with Gasteiger partial charge in [0.1, 0.15) is 0 Å². The van der Waals surface area contributed by atoms with Crippen LogP contribution in [0.2, 0.25) is 0 Å². The highest BCUT2D eigenvalue weighted by Gasteiger charge is 2.60. The molecule has 0 aromatic carbocycles. The quantitative estimate of drug-likeness (QED) is 0.489. The number of carbonyl (C=O) groups is 1. The molecular weight excluding hydrogens is 262 g/mol. The molecule has 0 heterocycles. The van der Waals surface area contributed by atoms with Crippen LogP contribution in [-0.2, 0) is 4.79 Å². The average Bonchev–Trinajstić information content (AvgIpc) is 2.12. The summed E-state index contributed by atoms with van der Waals surface area (Å²) in [6, 6.07) is 0. The van der Waals surface area contributed by atoms with Crippen molar-refractivity contribution in [2.75, 3.05) is 0 Å². The van der Waals surface area contributed by atoms with Gasteiger partial charge < -0.3 is 0 Å². The van der Waals surface area contributed by atoms with Crippen LogP contribution in [0.4, 0.5) is 26.3 Å². The highest BCUT2D eigenvalue weighted by molar-refractivity contribution is 5.82. The van der Waals surface area contributed by atoms with Crippen LogP contribution < -0.4 is 0 Å². The molecular formula is C11H16F6O. The number of alkyl halides is 6. The molecule has 108 valence electrons. The van der Waals surface area contributed by atoms with Gasteiger partial charge in [0, 0.05) is 6.42 Å². The van der Waals surface area contributed by atoms with E-state index in [-0.39, 0.29) is 6.42 Å². The molecule has 0 atom stereocenters. The third-order valence-electron chi connectivity index (χ3n) is 2.50. The minimum Gasteiger partial charge on any atom is -0.299 e. The Hall–Kier alpha value is -0.750. The van der Waals surface area contributed by atoms with Gasteiger partial charge in [-0.1, -0.05) is 32.6 Å². The predicted octanol–water partition coefficient (Wildman–Crippen LogP) is 4.66. The SMILES string of the molecule is CCCCCCCC(=O)C(C(F)(F)F)C(F)(F)F. The Bertz CT molecular complexity index is 241. The summed E-state index contributed by atoms with van der Waals surface area (Å²) < 4.78 is 72.9. The van der Waals surface area contributed by atoms with Crippen molar-refractivity contribution in [2.45, 2.75) is 57.8 Å². The lowest BCUT2D eigenvalue weighted by Crippen LogP contribution is -2.42. The normalized spacial score (nSPS) is 13.1. The van der Waals surface area contributed by atoms with E-state index >= 15 is 0 Å². The number of rotatable bonds is 7. The zero-order valence-corrected chi connectivity index (χ0v) is 10.00. The zero-order valence-electron chi connectivity index (χ0n) is 10.00. The maximum atomic E-state index is 12.2. The zero-order chi connectivity index (χ0) is 14.4. The van der Waals surface area contributed by atoms with E-state index < -0.39 is 30.5 Å². The van der Waals surface area contributed by atoms with Gasteiger partial charge in [-0.25, -0.2) is 0 Å². The van der Waals surface area contributed by atoms with Gasteiger partial charge in [-0.15, -0.1) is 0 Å². The molecule has 0 bridgehead atoms. The van der Waals surface area contributed by atoms with Crippen molar-refractivity contribution in [3.05, 3.63) is 0 Å². The van der Waals surface area contributed by atoms with E-state index in [1.807, 2.05) is 6.92 Å². The fourth-order valence-corrected chi connectivity index (χ4v) is 1.60. The fraction of sp³-hybridized carbons (Fsp3) is 0.909. The first-order valence-corrected chi connectivity index (χ1v) is 5.76. The fourth-order valence-electron chi connectivity index (χ4n) is 1.60. The molecule has 0 unspecified atom stereocenters. The highest BCUT2D eigenvalue weighted by atomic mass is 19.4. The number of hydrogen-bond acceptors (Lipinski definition) is 1. The number of unbranched alkanes of at least 4 members (excludes halogenated alkanes) is 4. The largest absolute Gasteiger partial charge is 0.407 e. The summed E-state index contributed by atoms with van der Waals surface area (Å²) in [5.74, 6) is -5.62. The van der Waals surface area contributed by atoms with Gasteiger partial charge in [0.15, 0.2) is 5.78 Å². The first-order chi connectivity index (χ1) is 8.10. The molecule has 7 heteroatoms. The minimum atomic E-state index is -5.56. The summed E-state index contributed by atoms with van der Waals surface area (Å²) in [5.41, 5.74) is 0. The number of Topliss-reactive ketones (excluding diaryl/α,β-unsaturated/α-hetero) is 1. The van der Waals surface area contributed by atoms with Crippen LogP contribution in [0, 0.1) is 5.92 Å². The molecule has 18 heavy (non-hydrogen) atoms. The molecule has 1 nitrogen and oxygen atoms in total. The lowest BCUT2D eigenvalue weighted by atomic mass is 9.97. The van der Waals surface area contributed by atoms with E-state index in [0.717, 1.165) is 12.8 Å². The first-order valence-electron chi connectivity index (χ1n) is 5.76. The lowest BCUT2D eigenvalue weighted by Gasteiger charge is -2.21. The molecule has 0 amide bonds. The van der Waals surface area contributed by atoms with Crippen LogP contribution in [0.5, 0.6) is 0 Å². The molecule has 0 saturated heterocycles. The summed E-state index contributed by atoms with van der Waals surface area (Å²) in [5, 5.41) is 0. The Balaban J connectivity index is 4.34. The molecule has 0 saturated carbocycles. The highest BCUT2D eigenvalue weighted by Crippen LogP contribution is 2.40. The minimum absolute atomic E-state index is 0.0709. The third kappa shape index (κ3) is 6.26. The van der Waals surface area contributed by atoms with Crippen molar-refractivity contribution in [3.8, 4) is 0 Å². The second kappa shape index (κ2) is 6.99. The second-order valence-electron chi connectivity index (χ2n) is 4.15. The first kappa shape index (κ1) is 17.2. The van der Waals surface area contributed by atoms with E-state index in [1.54, 1.807) is 0 Å². The molecule has 0 fully saturated rings. The van der Waals surface area contributed by atoms with Gasteiger partial charge >= 0.3 is 12.4 Å². The smallest absolute Gasteiger partial charge is 0.299 e. The van der Waals surface area contributed by atoms with E-state index in [0.29, 0.717) is 12.8 Å². The van der Waals surface area contributed by atoms with Crippen LogP contribution in [0.15, 0.2) is 0 Å². The second-order valence-corrected chi connectivity index (χ2v) is 4.15. The molecule has 0 spiro atoms. The van der Waals surface area contributed by atoms with Crippen LogP contribution >= 0.6 is 0 Å². The van der Waals surface area contributed by atoms with Gasteiger partial charge in [0.05, 0.1) is 0 Å². The molecule has 0 aromatic rings. The molecule has 0 aromatic heterocycles. The molecule has 0 aliphatic rings. The molecule has 0 N–H and O–H groups in total. The van der Waals surface area contributed by atoms with Crippen molar-refractivity contribution in [3.63, 3.8) is 0 Å². The average molecular weight is 278 g/mol. The molecule has 0 radical (unpaired) electrons. The van der Waals surface area contributed by atoms with Crippen LogP contribution in [0.3, 0.4) is 0 Å². The van der Waals surface area contributed by atoms with E-state index in [2.05, 4.69) is 0 Å². The van der Waals surface area contributed by atoms with Gasteiger partial charge in [0.25, 0.3) is 0 Å². The number of halogens is 6. The van der Waals surface area contributed by atoms with Crippen molar-refractivity contribution >= 4 is 5.78 Å². The summed E-state index contributed by atoms with van der Waals surface area (Å²) in [6.07, 6.45) is -8.77. The standard InChI is InChI=1S/C11H16F6O/c1-2-3-4-5-6-7-8(18)9(10(12,13)14)11(15,16)17/h9H,2-7H2,1H3. The number of ketones is 1. The Morgan fingerprint density at radius 3 is 1.72 bits per heavy atom. The topological polar surface area (TPSA) is 17.1 Å². The number of hydrogen-bond donors (Lipinski definition) is 0. The van der Waals surface area contributed by atoms with Crippen molar-refractivity contribution in [2.24, 2.45) is 5.92 Å². The monoisotopic (exact) mass is 278 g/mol. The van der Waals surface area contributed by atoms with Gasteiger partial charge in [-0.05, 0) is 6.42 Å². The maximum absolute atomic E-state index is 12.2. The van der Waals surface area contributed by atoms with E-state index in [4.69, 9.17) is 0 Å². The summed E-state index contributed by atoms with van der Waals surface area (Å²) in [7, 11) is 0. The van der Waals surface area contributed by atoms with Gasteiger partial charge in [-0.3, -0.25) is 4.79 Å². The molecule has 0 aliphatic carbocycles. The molecule has 0 aliphatic heterocycles. The Morgan fingerprint density at radius 2 is 1.33 bits per heavy atom. The number of carbonyl (C=O) groups excluding carboxylic acids is 1. The summed E-state index contributed by atoms with van der Waals surface area (Å²) in [4.78, 5) is 11.0. The van der Waals surface area contributed by atoms with Crippen molar-refractivity contribution in [1.29, 1.82) is 0 Å². The van der Waals surface area contributed by atoms with Crippen LogP contribution in [0.1, 0.15) is 45.4 Å². The van der Waals surface area contributed by atoms with Crippen LogP contribution in [-0.4, -0.2) is 18.1 Å². The van der Waals surface area contributed by atoms with E-state index in [9.17, 15) is 31.1 Å². The third-order valence-corrected chi connectivity index (χ3v) is 2.50. The van der Waals surface area contributed by atoms with Gasteiger partial charge in [-0.2, -0.15) is 26.3 Å². The predicted molar refractivity (Wildman–Crippen MR) is 54.0 cm³/mol. The lowest BCUT2D eigenvalue weighted by molar-refractivity contribution is -0.273. The van der Waals surface area contributed by atoms with Crippen molar-refractivity contribution < 1.29 is 31.1 Å². The Labute approximate surface area is 102 Å². The summed E-state index contributed by atoms with van der Waals surface area (Å²) >= 11 is 0. The summed E-state index contributed by atoms with van der Waals surface area (Å²) in [6.45, 7) is 1.93. The van der Waals surface area contributed by atoms with Crippen molar-refractivity contribution in [1.82, 2.24) is 0 Å². The Morgan fingerprint density at radius 1 is 0.889 bits per heavy atom. The van der Waals surface area contributed by atoms with Crippen LogP contribution in [0.25, 0.3) is 0 Å².